The van der Waals surface area contributed by atoms with E-state index in [-0.39, 0.29) is 54.8 Å². The van der Waals surface area contributed by atoms with Crippen molar-refractivity contribution in [1.82, 2.24) is 4.90 Å². The molecule has 4 rings (SSSR count). The van der Waals surface area contributed by atoms with E-state index in [0.717, 1.165) is 12.0 Å². The molecule has 372 valence electrons. The van der Waals surface area contributed by atoms with Crippen LogP contribution in [-0.2, 0) is 47.7 Å². The third-order valence-electron chi connectivity index (χ3n) is 14.6. The minimum absolute atomic E-state index is 0.0184. The van der Waals surface area contributed by atoms with E-state index >= 15 is 0 Å². The zero-order chi connectivity index (χ0) is 48.9. The van der Waals surface area contributed by atoms with E-state index in [0.29, 0.717) is 70.0 Å². The van der Waals surface area contributed by atoms with Crippen molar-refractivity contribution in [1.29, 1.82) is 0 Å². The zero-order valence-corrected chi connectivity index (χ0v) is 41.3. The van der Waals surface area contributed by atoms with Crippen LogP contribution >= 0.6 is 0 Å². The van der Waals surface area contributed by atoms with Crippen molar-refractivity contribution < 1.29 is 63.0 Å². The molecule has 15 atom stereocenters. The molecule has 1 amide bonds. The summed E-state index contributed by atoms with van der Waals surface area (Å²) in [5.74, 6) is -8.04. The smallest absolute Gasteiger partial charge is 0.329 e. The van der Waals surface area contributed by atoms with Crippen LogP contribution in [0.25, 0.3) is 0 Å². The number of hydrogen-bond acceptors (Lipinski definition) is 13. The fraction of sp³-hybridized carbons (Fsp3) is 0.750. The first-order valence-corrected chi connectivity index (χ1v) is 24.5. The number of aliphatic hydroxyl groups is 3. The van der Waals surface area contributed by atoms with Crippen LogP contribution in [0.3, 0.4) is 0 Å². The van der Waals surface area contributed by atoms with Gasteiger partial charge in [0.15, 0.2) is 5.78 Å². The average molecular weight is 928 g/mol. The first-order chi connectivity index (χ1) is 31.2. The molecule has 4 aliphatic rings. The highest BCUT2D eigenvalue weighted by Gasteiger charge is 2.53. The molecule has 3 N–H and O–H groups in total. The van der Waals surface area contributed by atoms with Gasteiger partial charge in [0.05, 0.1) is 24.4 Å². The van der Waals surface area contributed by atoms with Crippen LogP contribution in [0, 0.1) is 35.5 Å². The number of ether oxygens (including phenoxy) is 5. The molecule has 14 heteroatoms. The molecule has 66 heavy (non-hydrogen) atoms. The molecule has 2 bridgehead atoms. The molecule has 0 radical (unpaired) electrons. The van der Waals surface area contributed by atoms with Crippen LogP contribution in [0.4, 0.5) is 0 Å². The number of ketones is 3. The fourth-order valence-corrected chi connectivity index (χ4v) is 10.3. The van der Waals surface area contributed by atoms with Gasteiger partial charge in [-0.05, 0) is 114 Å². The Morgan fingerprint density at radius 1 is 0.879 bits per heavy atom. The number of carbonyl (C=O) groups excluding carboxylic acids is 5. The molecule has 0 aromatic rings. The predicted molar refractivity (Wildman–Crippen MR) is 250 cm³/mol. The summed E-state index contributed by atoms with van der Waals surface area (Å²) >= 11 is 0. The van der Waals surface area contributed by atoms with Crippen LogP contribution in [0.15, 0.2) is 47.6 Å². The Hall–Kier alpha value is -3.37. The number of allylic oxidation sites excluding steroid dienone is 6. The van der Waals surface area contributed by atoms with E-state index in [2.05, 4.69) is 0 Å². The Morgan fingerprint density at radius 3 is 2.27 bits per heavy atom. The highest BCUT2D eigenvalue weighted by atomic mass is 16.6. The molecule has 3 heterocycles. The van der Waals surface area contributed by atoms with E-state index in [9.17, 15) is 39.3 Å². The van der Waals surface area contributed by atoms with Crippen LogP contribution < -0.4 is 0 Å². The molecule has 14 nitrogen and oxygen atoms in total. The first kappa shape index (κ1) is 55.2. The van der Waals surface area contributed by atoms with Gasteiger partial charge in [-0.15, -0.1) is 0 Å². The van der Waals surface area contributed by atoms with E-state index in [1.54, 1.807) is 34.0 Å². The molecule has 1 aliphatic carbocycles. The molecule has 0 aromatic carbocycles. The molecule has 4 unspecified atom stereocenters. The highest BCUT2D eigenvalue weighted by Crippen LogP contribution is 2.38. The standard InChI is InChI=1S/C52H81NO13/c1-11-64-43-23-21-38(28-42(43)55)27-34(5)45-30-41(54)33(4)26-36(7)47(57)48(63-10)46(56)35(6)25-31(2)17-13-12-14-18-32(3)44(62-9)29-39-22-20-37(8)52(61,66-39)49(58)50(59)53-24-16-15-19-40(53)51(60)65-45/h12-14,17-18,26,31,33-35,37-40,42-45,47-48,55,57,61H,11,15-16,19-25,27-30H2,1-10H3/b14-12+,17-13+,32-18+,36-26+/t31-,33?,34?,35-,37-,38?,39+,40+,42-,43-,44+,45?,47-,48+,52-/m1/s1. The maximum absolute atomic E-state index is 14.4. The summed E-state index contributed by atoms with van der Waals surface area (Å²) in [7, 11) is 2.96. The van der Waals surface area contributed by atoms with Gasteiger partial charge in [0.1, 0.15) is 30.1 Å². The van der Waals surface area contributed by atoms with Crippen LogP contribution in [0.2, 0.25) is 0 Å². The molecule has 0 aromatic heterocycles. The lowest BCUT2D eigenvalue weighted by Crippen LogP contribution is -2.61. The number of carbonyl (C=O) groups is 5. The SMILES string of the molecule is CCO[C@@H]1CCC(CC(C)C2CC(=O)C(C)/C=C(\C)[C@@H](O)[C@@H](OC)C(=O)[C@H](C)C[C@H](C)/C=C/C=C/C=C(\C)[C@@H](OC)C[C@@H]3CC[C@@H](C)[C@@](O)(O3)C(=O)C(=O)N3CCCC[C@H]3C(=O)O2)C[C@H]1O. The van der Waals surface area contributed by atoms with Crippen molar-refractivity contribution in [2.45, 2.75) is 187 Å². The van der Waals surface area contributed by atoms with Gasteiger partial charge in [0, 0.05) is 58.0 Å². The Morgan fingerprint density at radius 2 is 1.61 bits per heavy atom. The Balaban J connectivity index is 1.69. The number of nitrogens with zero attached hydrogens (tertiary/aromatic N) is 1. The summed E-state index contributed by atoms with van der Waals surface area (Å²) < 4.78 is 29.6. The molecular formula is C52H81NO13. The predicted octanol–water partition coefficient (Wildman–Crippen LogP) is 6.57. The molecule has 0 spiro atoms. The summed E-state index contributed by atoms with van der Waals surface area (Å²) in [6.45, 7) is 15.1. The lowest BCUT2D eigenvalue weighted by molar-refractivity contribution is -0.265. The van der Waals surface area contributed by atoms with Crippen molar-refractivity contribution in [2.75, 3.05) is 27.4 Å². The Kier molecular flexibility index (Phi) is 21.6. The summed E-state index contributed by atoms with van der Waals surface area (Å²) in [4.78, 5) is 71.9. The van der Waals surface area contributed by atoms with Gasteiger partial charge in [-0.3, -0.25) is 19.2 Å². The number of esters is 1. The van der Waals surface area contributed by atoms with E-state index in [4.69, 9.17) is 23.7 Å². The highest BCUT2D eigenvalue weighted by molar-refractivity contribution is 6.39. The number of amides is 1. The van der Waals surface area contributed by atoms with E-state index in [1.807, 2.05) is 65.0 Å². The van der Waals surface area contributed by atoms with Gasteiger partial charge < -0.3 is 43.9 Å². The van der Waals surface area contributed by atoms with E-state index in [1.165, 1.54) is 12.0 Å². The summed E-state index contributed by atoms with van der Waals surface area (Å²) in [6.07, 6.45) is 11.2. The third kappa shape index (κ3) is 14.6. The van der Waals surface area contributed by atoms with Gasteiger partial charge in [-0.2, -0.15) is 0 Å². The number of fused-ring (bicyclic) bond motifs is 3. The van der Waals surface area contributed by atoms with Crippen LogP contribution in [-0.4, -0.2) is 131 Å². The normalized spacial score (nSPS) is 40.0. The van der Waals surface area contributed by atoms with Crippen molar-refractivity contribution in [2.24, 2.45) is 35.5 Å². The lowest BCUT2D eigenvalue weighted by Gasteiger charge is -2.42. The van der Waals surface area contributed by atoms with Crippen molar-refractivity contribution >= 4 is 29.2 Å². The largest absolute Gasteiger partial charge is 0.460 e. The van der Waals surface area contributed by atoms with Crippen molar-refractivity contribution in [3.63, 3.8) is 0 Å². The van der Waals surface area contributed by atoms with E-state index < -0.39 is 83.9 Å². The molecule has 3 fully saturated rings. The van der Waals surface area contributed by atoms with Gasteiger partial charge in [-0.25, -0.2) is 4.79 Å². The molecule has 1 saturated carbocycles. The van der Waals surface area contributed by atoms with Gasteiger partial charge in [0.25, 0.3) is 11.7 Å². The number of piperidine rings is 1. The maximum Gasteiger partial charge on any atom is 0.329 e. The second-order valence-electron chi connectivity index (χ2n) is 19.8. The quantitative estimate of drug-likeness (QED) is 0.141. The molecule has 2 saturated heterocycles. The first-order valence-electron chi connectivity index (χ1n) is 24.5. The second-order valence-corrected chi connectivity index (χ2v) is 19.8. The minimum atomic E-state index is -2.43. The number of cyclic esters (lactones) is 1. The second kappa shape index (κ2) is 25.8. The fourth-order valence-electron chi connectivity index (χ4n) is 10.3. The topological polar surface area (TPSA) is 195 Å². The number of aliphatic hydroxyl groups excluding tert-OH is 2. The van der Waals surface area contributed by atoms with Crippen LogP contribution in [0.1, 0.15) is 132 Å². The Bertz CT molecular complexity index is 1770. The summed E-state index contributed by atoms with van der Waals surface area (Å²) in [5, 5.41) is 34.3. The summed E-state index contributed by atoms with van der Waals surface area (Å²) in [6, 6.07) is -1.14. The van der Waals surface area contributed by atoms with Gasteiger partial charge in [-0.1, -0.05) is 71.1 Å². The number of hydrogen-bond donors (Lipinski definition) is 3. The maximum atomic E-state index is 14.4. The average Bonchev–Trinajstić information content (AvgIpc) is 3.28. The van der Waals surface area contributed by atoms with Crippen LogP contribution in [0.5, 0.6) is 0 Å². The minimum Gasteiger partial charge on any atom is -0.460 e. The van der Waals surface area contributed by atoms with Crippen molar-refractivity contribution in [3.8, 4) is 0 Å². The van der Waals surface area contributed by atoms with Crippen molar-refractivity contribution in [3.05, 3.63) is 47.6 Å². The molecular weight excluding hydrogens is 847 g/mol. The lowest BCUT2D eigenvalue weighted by atomic mass is 9.78. The monoisotopic (exact) mass is 928 g/mol. The number of methoxy groups -OCH3 is 2. The number of rotatable bonds is 7. The molecule has 3 aliphatic heterocycles. The van der Waals surface area contributed by atoms with Gasteiger partial charge in [0.2, 0.25) is 5.79 Å². The zero-order valence-electron chi connectivity index (χ0n) is 41.3. The third-order valence-corrected chi connectivity index (χ3v) is 14.6. The summed E-state index contributed by atoms with van der Waals surface area (Å²) in [5.41, 5.74) is 1.27. The number of Topliss-reactive ketones (excluding diaryl/α,β-unsaturated/α-hetero) is 3. The Labute approximate surface area is 393 Å². The van der Waals surface area contributed by atoms with Gasteiger partial charge >= 0.3 is 5.97 Å².